The first-order valence-electron chi connectivity index (χ1n) is 36.8. The molecule has 4 aliphatic carbocycles. The second-order valence-electron chi connectivity index (χ2n) is 29.8. The minimum Gasteiger partial charge on any atom is -1.00 e. The van der Waals surface area contributed by atoms with Gasteiger partial charge in [-0.15, -0.1) is 23.2 Å². The normalized spacial score (nSPS) is 31.5. The van der Waals surface area contributed by atoms with E-state index < -0.39 is 22.5 Å². The van der Waals surface area contributed by atoms with E-state index in [-0.39, 0.29) is 45.4 Å². The molecule has 4 saturated carbocycles. The largest absolute Gasteiger partial charge is 2.00 e. The van der Waals surface area contributed by atoms with Crippen LogP contribution in [-0.2, 0) is 45.2 Å². The van der Waals surface area contributed by atoms with Crippen molar-refractivity contribution in [2.75, 3.05) is 18.6 Å². The number of halogens is 5. The Morgan fingerprint density at radius 2 is 0.758 bits per heavy atom. The van der Waals surface area contributed by atoms with E-state index in [9.17, 15) is 23.8 Å². The first-order valence-corrected chi connectivity index (χ1v) is 37.9. The monoisotopic (exact) mass is 1460 g/mol. The van der Waals surface area contributed by atoms with Crippen molar-refractivity contribution in [3.8, 4) is 0 Å². The maximum absolute atomic E-state index is 14.8. The molecule has 0 aromatic heterocycles. The predicted octanol–water partition coefficient (Wildman–Crippen LogP) is 16.3. The van der Waals surface area contributed by atoms with Crippen LogP contribution in [0.25, 0.3) is 0 Å². The molecule has 7 nitrogen and oxygen atoms in total. The summed E-state index contributed by atoms with van der Waals surface area (Å²) < 4.78 is 34.6. The molecule has 526 valence electrons. The van der Waals surface area contributed by atoms with E-state index in [1.165, 1.54) is 88.2 Å². The zero-order chi connectivity index (χ0) is 67.3. The van der Waals surface area contributed by atoms with Crippen molar-refractivity contribution in [1.82, 2.24) is 15.1 Å². The number of hydrogen-bond acceptors (Lipinski definition) is 7. The van der Waals surface area contributed by atoms with Crippen LogP contribution in [0.3, 0.4) is 0 Å². The van der Waals surface area contributed by atoms with Crippen molar-refractivity contribution in [2.24, 2.45) is 23.7 Å². The number of ketones is 1. The summed E-state index contributed by atoms with van der Waals surface area (Å²) in [5.41, 5.74) is 3.46. The summed E-state index contributed by atoms with van der Waals surface area (Å²) in [5.74, 6) is 3.31. The standard InChI is InChI=1S/C20H23NO.C14H17F.C14H17NO.C14H18O.C13H16FN.C6H5.C4H8O.CH2Cl2.BrH.Mg/c22-20(17-9-5-2-6-10-17)13-18-11-12-19(14-20)21(18)15-16-7-3-1-4-8-16;15-14(13-4-2-1-3-5-13)9-11-6-7-12(8-11)10-14;16-14-8-12-6-7-13(9-14)15(12)10-11-4-2-1-3-5-11;15-14(13-4-2-1-3-5-13)9-11-6-7-12(8-11)10-14;14-13(10-4-2-1-3-5-10)8-11-6-7-12(9-13)15-11;1-2-4-6-5-3-1;1-2-4-5-3-1;2-1-3;;/h1-10,18-19,22H,11-15H2;1-5,11-12H,6-10H2;1-5,12-13H,6-10H2;1-5,11-12,15H,6-10H2;1-5,11-12,15H,6-9H2;1-5H;1-4H2;1H2;1H;/q;;;;;-1;;;;+2/p-1. The summed E-state index contributed by atoms with van der Waals surface area (Å²) in [6.45, 7) is 4.03. The van der Waals surface area contributed by atoms with Gasteiger partial charge in [-0.1, -0.05) is 208 Å². The van der Waals surface area contributed by atoms with Gasteiger partial charge in [-0.2, -0.15) is 36.4 Å². The fourth-order valence-electron chi connectivity index (χ4n) is 18.5. The smallest absolute Gasteiger partial charge is 1.00 e. The van der Waals surface area contributed by atoms with Gasteiger partial charge in [-0.05, 0) is 160 Å². The number of carbonyl (C=O) groups is 1. The van der Waals surface area contributed by atoms with Crippen molar-refractivity contribution in [3.63, 3.8) is 0 Å². The number of hydrogen-bond donors (Lipinski definition) is 3. The number of carbonyl (C=O) groups excluding carboxylic acids is 1. The molecule has 0 radical (unpaired) electrons. The maximum atomic E-state index is 14.8. The molecular formula is C86H106BrCl2F2MgN3O4. The summed E-state index contributed by atoms with van der Waals surface area (Å²) in [7, 11) is 0. The second kappa shape index (κ2) is 39.0. The van der Waals surface area contributed by atoms with E-state index in [0.29, 0.717) is 66.7 Å². The Labute approximate surface area is 627 Å². The van der Waals surface area contributed by atoms with Gasteiger partial charge in [0.05, 0.1) is 16.5 Å². The van der Waals surface area contributed by atoms with Crippen LogP contribution in [0.2, 0.25) is 0 Å². The molecule has 3 N–H and O–H groups in total. The first-order chi connectivity index (χ1) is 47.3. The predicted molar refractivity (Wildman–Crippen MR) is 397 cm³/mol. The molecule has 7 heterocycles. The Hall–Kier alpha value is -4.34. The van der Waals surface area contributed by atoms with Crippen molar-refractivity contribution < 1.29 is 45.5 Å². The summed E-state index contributed by atoms with van der Waals surface area (Å²) in [6, 6.07) is 76.5. The molecule has 11 aliphatic rings. The number of aliphatic hydroxyl groups is 2. The Morgan fingerprint density at radius 3 is 1.11 bits per heavy atom. The first kappa shape index (κ1) is 78.8. The number of nitrogens with zero attached hydrogens (tertiary/aromatic N) is 2. The molecular weight excluding hydrogens is 1350 g/mol. The third-order valence-electron chi connectivity index (χ3n) is 22.9. The molecule has 7 saturated heterocycles. The molecule has 10 atom stereocenters. The molecule has 7 aromatic carbocycles. The third kappa shape index (κ3) is 22.3. The third-order valence-corrected chi connectivity index (χ3v) is 22.9. The van der Waals surface area contributed by atoms with E-state index in [1.807, 2.05) is 127 Å². The molecule has 18 rings (SSSR count). The average Bonchev–Trinajstić information content (AvgIpc) is 1.68. The Bertz CT molecular complexity index is 3120. The van der Waals surface area contributed by atoms with Gasteiger partial charge in [0.15, 0.2) is 0 Å². The molecule has 10 unspecified atom stereocenters. The molecule has 0 spiro atoms. The number of fused-ring (bicyclic) bond motifs is 10. The van der Waals surface area contributed by atoms with Crippen LogP contribution in [0.4, 0.5) is 8.78 Å². The fraction of sp³-hybridized carbons (Fsp3) is 0.500. The van der Waals surface area contributed by atoms with Gasteiger partial charge < -0.3 is 37.2 Å². The quantitative estimate of drug-likeness (QED) is 0.0794. The molecule has 7 aliphatic heterocycles. The minimum atomic E-state index is -1.08. The Kier molecular flexibility index (Phi) is 31.0. The number of ether oxygens (including phenoxy) is 1. The van der Waals surface area contributed by atoms with E-state index in [0.717, 1.165) is 125 Å². The summed E-state index contributed by atoms with van der Waals surface area (Å²) >= 11 is 9.53. The van der Waals surface area contributed by atoms with E-state index >= 15 is 0 Å². The minimum absolute atomic E-state index is 0. The molecule has 11 fully saturated rings. The van der Waals surface area contributed by atoms with Crippen LogP contribution < -0.4 is 22.3 Å². The van der Waals surface area contributed by atoms with Gasteiger partial charge in [0, 0.05) is 88.2 Å². The SMILES string of the molecule is C1CCOC1.ClCCl.FC1(c2ccccc2)CC2CCC(C1)N2.FC1(c2ccccc2)CC2CCC(C2)C1.O=C1CC2CCC(C1)N2Cc1ccccc1.OC1(c2ccccc2)CC2CCC(C1)N2Cc1ccccc1.OC1(c2ccccc2)CC2CCC(C2)C1.[Br-].[Mg+2].[c-]1ccccc1. The maximum Gasteiger partial charge on any atom is 2.00 e. The van der Waals surface area contributed by atoms with Crippen LogP contribution in [0, 0.1) is 29.7 Å². The van der Waals surface area contributed by atoms with Crippen molar-refractivity contribution >= 4 is 52.0 Å². The topological polar surface area (TPSA) is 85.3 Å². The zero-order valence-corrected chi connectivity index (χ0v) is 62.7. The van der Waals surface area contributed by atoms with E-state index in [4.69, 9.17) is 27.9 Å². The number of rotatable bonds is 8. The number of piperidine rings is 3. The number of Topliss-reactive ketones (excluding diaryl/α,β-unsaturated/α-hetero) is 1. The Balaban J connectivity index is 0.000000138. The average molecular weight is 1460 g/mol. The fourth-order valence-corrected chi connectivity index (χ4v) is 18.5. The molecule has 99 heavy (non-hydrogen) atoms. The van der Waals surface area contributed by atoms with Gasteiger partial charge in [-0.3, -0.25) is 14.6 Å². The van der Waals surface area contributed by atoms with Gasteiger partial charge in [-0.25, -0.2) is 8.78 Å². The Morgan fingerprint density at radius 1 is 0.434 bits per heavy atom. The van der Waals surface area contributed by atoms with Crippen LogP contribution >= 0.6 is 23.2 Å². The van der Waals surface area contributed by atoms with Gasteiger partial charge in [0.25, 0.3) is 0 Å². The number of benzene rings is 7. The van der Waals surface area contributed by atoms with Gasteiger partial charge >= 0.3 is 23.1 Å². The van der Waals surface area contributed by atoms with Crippen molar-refractivity contribution in [2.45, 2.75) is 226 Å². The van der Waals surface area contributed by atoms with Crippen LogP contribution in [0.1, 0.15) is 187 Å². The summed E-state index contributed by atoms with van der Waals surface area (Å²) in [6.07, 6.45) is 25.5. The second-order valence-corrected chi connectivity index (χ2v) is 30.7. The van der Waals surface area contributed by atoms with Crippen LogP contribution in [0.5, 0.6) is 0 Å². The summed E-state index contributed by atoms with van der Waals surface area (Å²) in [4.78, 5) is 16.7. The number of alkyl halides is 4. The molecule has 0 amide bonds. The van der Waals surface area contributed by atoms with Gasteiger partial charge in [0.1, 0.15) is 17.1 Å². The zero-order valence-electron chi connectivity index (χ0n) is 58.2. The molecule has 7 aromatic rings. The molecule has 13 heteroatoms. The summed E-state index contributed by atoms with van der Waals surface area (Å²) in [5, 5.41) is 25.6. The van der Waals surface area contributed by atoms with E-state index in [2.05, 4.69) is 106 Å². The van der Waals surface area contributed by atoms with Crippen molar-refractivity contribution in [1.29, 1.82) is 0 Å². The number of nitrogens with one attached hydrogen (secondary N) is 1. The van der Waals surface area contributed by atoms with Crippen LogP contribution in [0.15, 0.2) is 212 Å². The van der Waals surface area contributed by atoms with E-state index in [1.54, 1.807) is 0 Å². The van der Waals surface area contributed by atoms with Gasteiger partial charge in [0.2, 0.25) is 0 Å². The van der Waals surface area contributed by atoms with Crippen LogP contribution in [-0.4, -0.2) is 104 Å². The van der Waals surface area contributed by atoms with Crippen molar-refractivity contribution in [3.05, 3.63) is 252 Å². The molecule has 10 bridgehead atoms.